The van der Waals surface area contributed by atoms with E-state index in [2.05, 4.69) is 9.97 Å². The number of amides is 1. The predicted molar refractivity (Wildman–Crippen MR) is 97.5 cm³/mol. The van der Waals surface area contributed by atoms with Gasteiger partial charge in [0.2, 0.25) is 5.91 Å². The van der Waals surface area contributed by atoms with E-state index in [9.17, 15) is 9.18 Å². The van der Waals surface area contributed by atoms with E-state index in [0.717, 1.165) is 12.0 Å². The maximum absolute atomic E-state index is 14.5. The van der Waals surface area contributed by atoms with Gasteiger partial charge in [-0.2, -0.15) is 0 Å². The second-order valence-electron chi connectivity index (χ2n) is 7.22. The number of piperazine rings is 1. The minimum atomic E-state index is -0.325. The van der Waals surface area contributed by atoms with Gasteiger partial charge < -0.3 is 9.80 Å². The maximum Gasteiger partial charge on any atom is 0.227 e. The first-order valence-corrected chi connectivity index (χ1v) is 9.17. The Morgan fingerprint density at radius 1 is 1.19 bits per heavy atom. The molecule has 2 bridgehead atoms. The van der Waals surface area contributed by atoms with E-state index in [1.165, 1.54) is 11.9 Å². The van der Waals surface area contributed by atoms with Crippen molar-refractivity contribution in [3.05, 3.63) is 53.2 Å². The zero-order valence-electron chi connectivity index (χ0n) is 15.2. The number of anilines is 1. The van der Waals surface area contributed by atoms with Gasteiger partial charge in [-0.1, -0.05) is 36.8 Å². The van der Waals surface area contributed by atoms with Gasteiger partial charge in [0.25, 0.3) is 0 Å². The van der Waals surface area contributed by atoms with Gasteiger partial charge in [0.15, 0.2) is 11.6 Å². The third-order valence-corrected chi connectivity index (χ3v) is 5.43. The van der Waals surface area contributed by atoms with Crippen molar-refractivity contribution in [3.8, 4) is 0 Å². The van der Waals surface area contributed by atoms with Crippen LogP contribution in [0.3, 0.4) is 0 Å². The Morgan fingerprint density at radius 3 is 2.54 bits per heavy atom. The maximum atomic E-state index is 14.5. The highest BCUT2D eigenvalue weighted by Crippen LogP contribution is 2.35. The smallest absolute Gasteiger partial charge is 0.227 e. The van der Waals surface area contributed by atoms with Crippen LogP contribution in [-0.2, 0) is 17.6 Å². The zero-order chi connectivity index (χ0) is 18.3. The molecule has 2 unspecified atom stereocenters. The molecule has 6 heteroatoms. The van der Waals surface area contributed by atoms with Gasteiger partial charge in [-0.15, -0.1) is 0 Å². The van der Waals surface area contributed by atoms with Crippen molar-refractivity contribution in [1.82, 2.24) is 14.9 Å². The second kappa shape index (κ2) is 6.67. The molecule has 3 fully saturated rings. The number of carbonyl (C=O) groups is 1. The second-order valence-corrected chi connectivity index (χ2v) is 7.22. The summed E-state index contributed by atoms with van der Waals surface area (Å²) in [6.45, 7) is 5.19. The lowest BCUT2D eigenvalue weighted by Crippen LogP contribution is -2.70. The first-order chi connectivity index (χ1) is 12.6. The summed E-state index contributed by atoms with van der Waals surface area (Å²) in [6.07, 6.45) is 3.39. The normalized spacial score (nSPS) is 21.5. The van der Waals surface area contributed by atoms with Crippen LogP contribution in [0.4, 0.5) is 10.2 Å². The summed E-state index contributed by atoms with van der Waals surface area (Å²) in [5.41, 5.74) is 2.68. The lowest BCUT2D eigenvalue weighted by atomic mass is 9.86. The van der Waals surface area contributed by atoms with Gasteiger partial charge in [-0.3, -0.25) is 4.79 Å². The Morgan fingerprint density at radius 2 is 1.88 bits per heavy atom. The highest BCUT2D eigenvalue weighted by atomic mass is 19.1. The number of hydrogen-bond donors (Lipinski definition) is 0. The van der Waals surface area contributed by atoms with Gasteiger partial charge in [0.1, 0.15) is 6.33 Å². The summed E-state index contributed by atoms with van der Waals surface area (Å²) in [5.74, 6) is 0.207. The number of piperidine rings is 1. The minimum Gasteiger partial charge on any atom is -0.350 e. The molecule has 5 rings (SSSR count). The quantitative estimate of drug-likeness (QED) is 0.847. The first kappa shape index (κ1) is 16.9. The number of nitrogens with zero attached hydrogens (tertiary/aromatic N) is 4. The van der Waals surface area contributed by atoms with Crippen LogP contribution in [0.2, 0.25) is 0 Å². The lowest BCUT2D eigenvalue weighted by molar-refractivity contribution is -0.145. The van der Waals surface area contributed by atoms with E-state index in [1.807, 2.05) is 47.9 Å². The standard InChI is InChI=1S/C20H23FN4O/c1-3-17-19(21)20(23-12-22-17)24-10-15-9-16(11-24)25(15)18(26)8-14-6-4-13(2)5-7-14/h4-7,12,15-16H,3,8-11H2,1-2H3. The van der Waals surface area contributed by atoms with Crippen molar-refractivity contribution in [3.63, 3.8) is 0 Å². The average molecular weight is 354 g/mol. The fraction of sp³-hybridized carbons (Fsp3) is 0.450. The summed E-state index contributed by atoms with van der Waals surface area (Å²) in [5, 5.41) is 0. The van der Waals surface area contributed by atoms with Crippen molar-refractivity contribution in [2.24, 2.45) is 0 Å². The summed E-state index contributed by atoms with van der Waals surface area (Å²) in [4.78, 5) is 24.8. The van der Waals surface area contributed by atoms with Crippen LogP contribution in [-0.4, -0.2) is 45.9 Å². The molecular formula is C20H23FN4O. The molecule has 1 aromatic heterocycles. The minimum absolute atomic E-state index is 0.145. The summed E-state index contributed by atoms with van der Waals surface area (Å²) in [6, 6.07) is 8.38. The van der Waals surface area contributed by atoms with Crippen molar-refractivity contribution >= 4 is 11.7 Å². The number of carbonyl (C=O) groups excluding carboxylic acids is 1. The molecule has 0 aliphatic carbocycles. The molecular weight excluding hydrogens is 331 g/mol. The third kappa shape index (κ3) is 2.93. The van der Waals surface area contributed by atoms with E-state index in [1.54, 1.807) is 0 Å². The van der Waals surface area contributed by atoms with Crippen LogP contribution in [0.15, 0.2) is 30.6 Å². The van der Waals surface area contributed by atoms with E-state index in [0.29, 0.717) is 37.4 Å². The Labute approximate surface area is 152 Å². The Balaban J connectivity index is 1.44. The molecule has 0 spiro atoms. The Kier molecular flexibility index (Phi) is 4.34. The molecule has 0 radical (unpaired) electrons. The number of aryl methyl sites for hydroxylation is 2. The van der Waals surface area contributed by atoms with E-state index in [-0.39, 0.29) is 23.8 Å². The molecule has 136 valence electrons. The molecule has 3 saturated heterocycles. The molecule has 1 aromatic carbocycles. The number of aromatic nitrogens is 2. The average Bonchev–Trinajstić information content (AvgIpc) is 2.63. The number of halogens is 1. The van der Waals surface area contributed by atoms with Crippen molar-refractivity contribution in [2.45, 2.75) is 45.2 Å². The number of fused-ring (bicyclic) bond motifs is 2. The molecule has 0 N–H and O–H groups in total. The van der Waals surface area contributed by atoms with Crippen LogP contribution >= 0.6 is 0 Å². The predicted octanol–water partition coefficient (Wildman–Crippen LogP) is 2.52. The summed E-state index contributed by atoms with van der Waals surface area (Å²) >= 11 is 0. The topological polar surface area (TPSA) is 49.3 Å². The molecule has 4 heterocycles. The van der Waals surface area contributed by atoms with Crippen molar-refractivity contribution in [2.75, 3.05) is 18.0 Å². The van der Waals surface area contributed by atoms with Crippen LogP contribution in [0, 0.1) is 12.7 Å². The molecule has 3 aliphatic rings. The van der Waals surface area contributed by atoms with Gasteiger partial charge in [-0.05, 0) is 25.3 Å². The fourth-order valence-corrected chi connectivity index (χ4v) is 4.02. The first-order valence-electron chi connectivity index (χ1n) is 9.17. The Bertz CT molecular complexity index is 811. The van der Waals surface area contributed by atoms with Crippen LogP contribution < -0.4 is 4.90 Å². The van der Waals surface area contributed by atoms with Gasteiger partial charge >= 0.3 is 0 Å². The lowest BCUT2D eigenvalue weighted by Gasteiger charge is -2.56. The summed E-state index contributed by atoms with van der Waals surface area (Å²) < 4.78 is 14.5. The van der Waals surface area contributed by atoms with E-state index in [4.69, 9.17) is 0 Å². The number of hydrogen-bond acceptors (Lipinski definition) is 4. The van der Waals surface area contributed by atoms with E-state index >= 15 is 0 Å². The highest BCUT2D eigenvalue weighted by molar-refractivity contribution is 5.81. The monoisotopic (exact) mass is 354 g/mol. The number of benzene rings is 1. The molecule has 2 aromatic rings. The molecule has 5 nitrogen and oxygen atoms in total. The molecule has 2 atom stereocenters. The molecule has 26 heavy (non-hydrogen) atoms. The van der Waals surface area contributed by atoms with Crippen LogP contribution in [0.5, 0.6) is 0 Å². The van der Waals surface area contributed by atoms with Gasteiger partial charge in [0.05, 0.1) is 24.2 Å². The zero-order valence-corrected chi connectivity index (χ0v) is 15.2. The number of rotatable bonds is 4. The largest absolute Gasteiger partial charge is 0.350 e. The van der Waals surface area contributed by atoms with Crippen LogP contribution in [0.25, 0.3) is 0 Å². The van der Waals surface area contributed by atoms with Crippen LogP contribution in [0.1, 0.15) is 30.2 Å². The van der Waals surface area contributed by atoms with Crippen molar-refractivity contribution < 1.29 is 9.18 Å². The molecule has 3 aliphatic heterocycles. The summed E-state index contributed by atoms with van der Waals surface area (Å²) in [7, 11) is 0. The van der Waals surface area contributed by atoms with Gasteiger partial charge in [-0.25, -0.2) is 14.4 Å². The van der Waals surface area contributed by atoms with Crippen molar-refractivity contribution in [1.29, 1.82) is 0 Å². The van der Waals surface area contributed by atoms with E-state index < -0.39 is 0 Å². The Hall–Kier alpha value is -2.50. The molecule has 1 amide bonds. The SMILES string of the molecule is CCc1ncnc(N2CC3CC(C2)N3C(=O)Cc2ccc(C)cc2)c1F. The third-order valence-electron chi connectivity index (χ3n) is 5.43. The fourth-order valence-electron chi connectivity index (χ4n) is 4.02. The highest BCUT2D eigenvalue weighted by Gasteiger charge is 2.47. The van der Waals surface area contributed by atoms with Gasteiger partial charge in [0, 0.05) is 13.1 Å². The molecule has 0 saturated carbocycles.